The predicted molar refractivity (Wildman–Crippen MR) is 116 cm³/mol. The van der Waals surface area contributed by atoms with Crippen LogP contribution < -0.4 is 10.4 Å². The number of hydrogen-bond donors (Lipinski definition) is 2. The lowest BCUT2D eigenvalue weighted by atomic mass is 9.78. The number of nitrogens with zero attached hydrogens (tertiary/aromatic N) is 2. The standard InChI is InChI=1S/C23H25BN2O2/c1-3-18(20-9-5-4-8-19(20)15(2)24(27)28)21-13-12-17-11-10-16-7-6-14-25-22(16)23(17)26-21/h4-11,14,16,22,27-28H,3,12-13H2,1-2H3/b19-15+,20-18+. The van der Waals surface area contributed by atoms with Crippen molar-refractivity contribution in [1.82, 2.24) is 0 Å². The molecule has 1 aromatic rings. The molecule has 0 aromatic heterocycles. The van der Waals surface area contributed by atoms with E-state index in [9.17, 15) is 10.0 Å². The summed E-state index contributed by atoms with van der Waals surface area (Å²) in [6.07, 6.45) is 13.2. The average Bonchev–Trinajstić information content (AvgIpc) is 2.74. The summed E-state index contributed by atoms with van der Waals surface area (Å²) in [6.45, 7) is 3.90. The van der Waals surface area contributed by atoms with Gasteiger partial charge in [-0.2, -0.15) is 0 Å². The quantitative estimate of drug-likeness (QED) is 0.799. The summed E-state index contributed by atoms with van der Waals surface area (Å²) in [5.74, 6) is 0.282. The number of hydrogen-bond acceptors (Lipinski definition) is 4. The fourth-order valence-corrected chi connectivity index (χ4v) is 4.25. The Kier molecular flexibility index (Phi) is 5.29. The fraction of sp³-hybridized carbons (Fsp3) is 0.304. The van der Waals surface area contributed by atoms with Gasteiger partial charge in [-0.05, 0) is 59.3 Å². The molecule has 0 radical (unpaired) electrons. The van der Waals surface area contributed by atoms with E-state index in [4.69, 9.17) is 4.99 Å². The molecule has 28 heavy (non-hydrogen) atoms. The van der Waals surface area contributed by atoms with Crippen molar-refractivity contribution in [2.24, 2.45) is 15.9 Å². The molecule has 0 saturated carbocycles. The first-order valence-electron chi connectivity index (χ1n) is 9.94. The average molecular weight is 372 g/mol. The van der Waals surface area contributed by atoms with E-state index in [2.05, 4.69) is 36.2 Å². The molecule has 1 aliphatic carbocycles. The summed E-state index contributed by atoms with van der Waals surface area (Å²) in [4.78, 5) is 9.80. The topological polar surface area (TPSA) is 65.2 Å². The van der Waals surface area contributed by atoms with Gasteiger partial charge in [0.25, 0.3) is 0 Å². The van der Waals surface area contributed by atoms with Crippen molar-refractivity contribution in [3.8, 4) is 0 Å². The number of benzene rings is 1. The summed E-state index contributed by atoms with van der Waals surface area (Å²) < 4.78 is 0. The maximum absolute atomic E-state index is 9.69. The van der Waals surface area contributed by atoms with Gasteiger partial charge in [0.05, 0.1) is 5.70 Å². The van der Waals surface area contributed by atoms with Crippen LogP contribution in [0.25, 0.3) is 11.0 Å². The SMILES string of the molecule is CC/C(C1=NC2=C(C=CC3C=CC=NC23)CC1)=c1/cccc/c1=C(/C)B(O)O. The Morgan fingerprint density at radius 3 is 2.68 bits per heavy atom. The maximum Gasteiger partial charge on any atom is 0.484 e. The number of rotatable bonds is 3. The number of dihydropyridines is 1. The zero-order chi connectivity index (χ0) is 19.7. The van der Waals surface area contributed by atoms with Crippen LogP contribution in [0.15, 0.2) is 69.8 Å². The second kappa shape index (κ2) is 7.86. The molecule has 2 atom stereocenters. The van der Waals surface area contributed by atoms with E-state index >= 15 is 0 Å². The summed E-state index contributed by atoms with van der Waals surface area (Å²) in [6, 6.07) is 8.00. The highest BCUT2D eigenvalue weighted by atomic mass is 16.4. The van der Waals surface area contributed by atoms with E-state index in [1.54, 1.807) is 6.92 Å². The first-order chi connectivity index (χ1) is 13.6. The Balaban J connectivity index is 1.89. The zero-order valence-electron chi connectivity index (χ0n) is 16.3. The highest BCUT2D eigenvalue weighted by Crippen LogP contribution is 2.35. The van der Waals surface area contributed by atoms with Crippen LogP contribution in [0.5, 0.6) is 0 Å². The van der Waals surface area contributed by atoms with Gasteiger partial charge in [-0.25, -0.2) is 0 Å². The van der Waals surface area contributed by atoms with Gasteiger partial charge in [0.15, 0.2) is 0 Å². The molecule has 2 N–H and O–H groups in total. The molecule has 3 aliphatic rings. The number of aliphatic imine (C=N–C) groups is 2. The molecule has 142 valence electrons. The van der Waals surface area contributed by atoms with Crippen LogP contribution in [0.4, 0.5) is 0 Å². The lowest BCUT2D eigenvalue weighted by Gasteiger charge is -2.30. The second-order valence-electron chi connectivity index (χ2n) is 7.47. The molecule has 1 aromatic carbocycles. The molecule has 0 saturated heterocycles. The summed E-state index contributed by atoms with van der Waals surface area (Å²) >= 11 is 0. The van der Waals surface area contributed by atoms with Crippen molar-refractivity contribution in [3.05, 3.63) is 70.3 Å². The van der Waals surface area contributed by atoms with Crippen molar-refractivity contribution in [3.63, 3.8) is 0 Å². The van der Waals surface area contributed by atoms with E-state index in [0.717, 1.165) is 41.1 Å². The molecule has 2 aliphatic heterocycles. The van der Waals surface area contributed by atoms with Gasteiger partial charge in [-0.1, -0.05) is 49.4 Å². The van der Waals surface area contributed by atoms with E-state index in [0.29, 0.717) is 5.47 Å². The van der Waals surface area contributed by atoms with E-state index < -0.39 is 7.12 Å². The van der Waals surface area contributed by atoms with E-state index in [1.807, 2.05) is 30.5 Å². The summed E-state index contributed by atoms with van der Waals surface area (Å²) in [7, 11) is -1.46. The molecule has 4 nitrogen and oxygen atoms in total. The van der Waals surface area contributed by atoms with Gasteiger partial charge in [0.1, 0.15) is 6.04 Å². The smallest absolute Gasteiger partial charge is 0.423 e. The van der Waals surface area contributed by atoms with Gasteiger partial charge < -0.3 is 10.0 Å². The fourth-order valence-electron chi connectivity index (χ4n) is 4.25. The zero-order valence-corrected chi connectivity index (χ0v) is 16.3. The molecule has 5 heteroatoms. The van der Waals surface area contributed by atoms with E-state index in [1.165, 1.54) is 11.1 Å². The van der Waals surface area contributed by atoms with Crippen molar-refractivity contribution < 1.29 is 10.0 Å². The first-order valence-corrected chi connectivity index (χ1v) is 9.94. The van der Waals surface area contributed by atoms with Crippen LogP contribution in [-0.2, 0) is 0 Å². The monoisotopic (exact) mass is 372 g/mol. The Morgan fingerprint density at radius 1 is 1.14 bits per heavy atom. The Bertz CT molecular complexity index is 1060. The van der Waals surface area contributed by atoms with Crippen LogP contribution in [0, 0.1) is 5.92 Å². The Labute approximate surface area is 165 Å². The van der Waals surface area contributed by atoms with Crippen molar-refractivity contribution in [2.75, 3.05) is 0 Å². The minimum Gasteiger partial charge on any atom is -0.423 e. The molecule has 4 rings (SSSR count). The Morgan fingerprint density at radius 2 is 1.93 bits per heavy atom. The lowest BCUT2D eigenvalue weighted by molar-refractivity contribution is 0.426. The third-order valence-corrected chi connectivity index (χ3v) is 5.81. The third kappa shape index (κ3) is 3.36. The molecule has 2 heterocycles. The number of fused-ring (bicyclic) bond motifs is 2. The molecular formula is C23H25BN2O2. The second-order valence-corrected chi connectivity index (χ2v) is 7.47. The van der Waals surface area contributed by atoms with Crippen LogP contribution in [-0.4, -0.2) is 35.1 Å². The van der Waals surface area contributed by atoms with Crippen molar-refractivity contribution >= 4 is 30.1 Å². The molecule has 0 spiro atoms. The van der Waals surface area contributed by atoms with Gasteiger partial charge in [-0.3, -0.25) is 9.98 Å². The van der Waals surface area contributed by atoms with Gasteiger partial charge >= 0.3 is 7.12 Å². The van der Waals surface area contributed by atoms with Crippen LogP contribution in [0.1, 0.15) is 33.1 Å². The maximum atomic E-state index is 9.69. The van der Waals surface area contributed by atoms with E-state index in [-0.39, 0.29) is 12.0 Å². The molecule has 0 bridgehead atoms. The first kappa shape index (κ1) is 18.8. The number of allylic oxidation sites excluding steroid dienone is 3. The normalized spacial score (nSPS) is 25.1. The Hall–Kier alpha value is -2.50. The van der Waals surface area contributed by atoms with Crippen molar-refractivity contribution in [2.45, 2.75) is 39.2 Å². The largest absolute Gasteiger partial charge is 0.484 e. The predicted octanol–water partition coefficient (Wildman–Crippen LogP) is 2.11. The van der Waals surface area contributed by atoms with Crippen molar-refractivity contribution in [1.29, 1.82) is 0 Å². The highest BCUT2D eigenvalue weighted by molar-refractivity contribution is 6.62. The van der Waals surface area contributed by atoms with Gasteiger partial charge in [0.2, 0.25) is 0 Å². The van der Waals surface area contributed by atoms with Gasteiger partial charge in [0, 0.05) is 17.8 Å². The molecular weight excluding hydrogens is 347 g/mol. The molecule has 2 unspecified atom stereocenters. The molecule has 0 fully saturated rings. The summed E-state index contributed by atoms with van der Waals surface area (Å²) in [5.41, 5.74) is 5.19. The van der Waals surface area contributed by atoms with Crippen LogP contribution in [0.2, 0.25) is 0 Å². The van der Waals surface area contributed by atoms with Crippen LogP contribution in [0.3, 0.4) is 0 Å². The highest BCUT2D eigenvalue weighted by Gasteiger charge is 2.30. The summed E-state index contributed by atoms with van der Waals surface area (Å²) in [5, 5.41) is 21.3. The van der Waals surface area contributed by atoms with Gasteiger partial charge in [-0.15, -0.1) is 0 Å². The minimum absolute atomic E-state index is 0.0706. The lowest BCUT2D eigenvalue weighted by Crippen LogP contribution is -2.35. The third-order valence-electron chi connectivity index (χ3n) is 5.81. The van der Waals surface area contributed by atoms with Crippen LogP contribution >= 0.6 is 0 Å². The molecule has 0 amide bonds. The minimum atomic E-state index is -1.46.